The van der Waals surface area contributed by atoms with Gasteiger partial charge in [-0.05, 0) is 24.6 Å². The number of rotatable bonds is 0. The van der Waals surface area contributed by atoms with Crippen LogP contribution >= 0.6 is 0 Å². The van der Waals surface area contributed by atoms with Crippen molar-refractivity contribution in [3.8, 4) is 0 Å². The van der Waals surface area contributed by atoms with Crippen molar-refractivity contribution in [2.45, 2.75) is 6.92 Å². The van der Waals surface area contributed by atoms with Crippen LogP contribution in [0.2, 0.25) is 0 Å². The Morgan fingerprint density at radius 3 is 2.92 bits per heavy atom. The van der Waals surface area contributed by atoms with Gasteiger partial charge < -0.3 is 11.6 Å². The van der Waals surface area contributed by atoms with E-state index in [4.69, 9.17) is 11.6 Å². The van der Waals surface area contributed by atoms with Crippen LogP contribution in [0.1, 0.15) is 5.56 Å². The van der Waals surface area contributed by atoms with Gasteiger partial charge in [0.25, 0.3) is 0 Å². The summed E-state index contributed by atoms with van der Waals surface area (Å²) in [6.45, 7) is 2.01. The average molecular weight is 162 g/mol. The van der Waals surface area contributed by atoms with Gasteiger partial charge in [-0.15, -0.1) is 0 Å². The maximum Gasteiger partial charge on any atom is 0.220 e. The molecule has 0 saturated heterocycles. The maximum atomic E-state index is 5.62. The zero-order chi connectivity index (χ0) is 8.72. The molecule has 0 fully saturated rings. The zero-order valence-corrected chi connectivity index (χ0v) is 6.78. The lowest BCUT2D eigenvalue weighted by molar-refractivity contribution is 1.06. The molecule has 62 valence electrons. The number of hydrogen-bond donors (Lipinski definition) is 2. The summed E-state index contributed by atoms with van der Waals surface area (Å²) in [7, 11) is 0. The van der Waals surface area contributed by atoms with Crippen molar-refractivity contribution >= 4 is 17.0 Å². The van der Waals surface area contributed by atoms with Crippen molar-refractivity contribution in [3.63, 3.8) is 0 Å². The number of aromatic nitrogens is 2. The number of hydrogen-bond acceptors (Lipinski definition) is 3. The van der Waals surface area contributed by atoms with Gasteiger partial charge in [0.05, 0.1) is 11.0 Å². The number of nitrogens with two attached hydrogens (primary N) is 2. The molecular weight excluding hydrogens is 152 g/mol. The standard InChI is InChI=1S/C8H10N4/c1-5-2-3-7-6(4-5)11-8(9)12(7)10/h2-4H,10H2,1H3,(H2,9,11). The molecule has 0 saturated carbocycles. The second-order valence-electron chi connectivity index (χ2n) is 2.83. The quantitative estimate of drug-likeness (QED) is 0.558. The first-order valence-electron chi connectivity index (χ1n) is 3.68. The minimum absolute atomic E-state index is 0.343. The Bertz CT molecular complexity index is 430. The van der Waals surface area contributed by atoms with Crippen LogP contribution in [0.25, 0.3) is 11.0 Å². The van der Waals surface area contributed by atoms with Crippen LogP contribution in [0.15, 0.2) is 18.2 Å². The van der Waals surface area contributed by atoms with Crippen LogP contribution in [0.3, 0.4) is 0 Å². The van der Waals surface area contributed by atoms with Gasteiger partial charge in [0.2, 0.25) is 5.95 Å². The van der Waals surface area contributed by atoms with Crippen LogP contribution in [-0.4, -0.2) is 9.66 Å². The van der Waals surface area contributed by atoms with Crippen molar-refractivity contribution < 1.29 is 0 Å². The number of nitrogen functional groups attached to an aromatic ring is 2. The SMILES string of the molecule is Cc1ccc2c(c1)nc(N)n2N. The molecule has 2 aromatic rings. The second-order valence-corrected chi connectivity index (χ2v) is 2.83. The van der Waals surface area contributed by atoms with Gasteiger partial charge in [-0.25, -0.2) is 9.66 Å². The molecule has 4 nitrogen and oxygen atoms in total. The lowest BCUT2D eigenvalue weighted by Gasteiger charge is -1.95. The molecule has 1 heterocycles. The molecule has 2 rings (SSSR count). The summed E-state index contributed by atoms with van der Waals surface area (Å²) in [6.07, 6.45) is 0. The number of benzene rings is 1. The minimum atomic E-state index is 0.343. The second kappa shape index (κ2) is 2.14. The molecular formula is C8H10N4. The van der Waals surface area contributed by atoms with E-state index in [1.165, 1.54) is 4.68 Å². The van der Waals surface area contributed by atoms with Gasteiger partial charge in [0, 0.05) is 0 Å². The lowest BCUT2D eigenvalue weighted by Crippen LogP contribution is -2.11. The van der Waals surface area contributed by atoms with E-state index in [0.717, 1.165) is 16.6 Å². The van der Waals surface area contributed by atoms with Gasteiger partial charge in [0.15, 0.2) is 0 Å². The van der Waals surface area contributed by atoms with Crippen molar-refractivity contribution in [3.05, 3.63) is 23.8 Å². The molecule has 0 unspecified atom stereocenters. The summed E-state index contributed by atoms with van der Waals surface area (Å²) < 4.78 is 1.38. The number of nitrogens with zero attached hydrogens (tertiary/aromatic N) is 2. The number of anilines is 1. The van der Waals surface area contributed by atoms with E-state index in [9.17, 15) is 0 Å². The van der Waals surface area contributed by atoms with Crippen LogP contribution in [0.4, 0.5) is 5.95 Å². The van der Waals surface area contributed by atoms with Crippen molar-refractivity contribution in [2.24, 2.45) is 0 Å². The Kier molecular flexibility index (Phi) is 1.24. The van der Waals surface area contributed by atoms with E-state index in [1.54, 1.807) is 0 Å². The summed E-state index contributed by atoms with van der Waals surface area (Å²) in [4.78, 5) is 4.09. The first-order chi connectivity index (χ1) is 5.68. The monoisotopic (exact) mass is 162 g/mol. The molecule has 0 radical (unpaired) electrons. The Hall–Kier alpha value is -1.71. The Morgan fingerprint density at radius 1 is 1.42 bits per heavy atom. The third-order valence-electron chi connectivity index (χ3n) is 1.87. The smallest absolute Gasteiger partial charge is 0.220 e. The molecule has 12 heavy (non-hydrogen) atoms. The molecule has 0 atom stereocenters. The highest BCUT2D eigenvalue weighted by molar-refractivity contribution is 5.78. The van der Waals surface area contributed by atoms with Gasteiger partial charge >= 0.3 is 0 Å². The summed E-state index contributed by atoms with van der Waals surface area (Å²) in [6, 6.07) is 5.84. The molecule has 4 N–H and O–H groups in total. The van der Waals surface area contributed by atoms with Gasteiger partial charge in [0.1, 0.15) is 0 Å². The van der Waals surface area contributed by atoms with Crippen molar-refractivity contribution in [1.82, 2.24) is 9.66 Å². The normalized spacial score (nSPS) is 10.8. The van der Waals surface area contributed by atoms with Crippen LogP contribution in [-0.2, 0) is 0 Å². The Morgan fingerprint density at radius 2 is 2.17 bits per heavy atom. The summed E-state index contributed by atoms with van der Waals surface area (Å²) in [5.41, 5.74) is 8.38. The first kappa shape index (κ1) is 6.97. The lowest BCUT2D eigenvalue weighted by atomic mass is 10.2. The Labute approximate surface area is 69.8 Å². The highest BCUT2D eigenvalue weighted by Gasteiger charge is 2.03. The van der Waals surface area contributed by atoms with E-state index in [1.807, 2.05) is 25.1 Å². The van der Waals surface area contributed by atoms with Crippen molar-refractivity contribution in [2.75, 3.05) is 11.6 Å². The largest absolute Gasteiger partial charge is 0.368 e. The van der Waals surface area contributed by atoms with E-state index in [2.05, 4.69) is 4.98 Å². The molecule has 0 spiro atoms. The maximum absolute atomic E-state index is 5.62. The molecule has 0 aliphatic carbocycles. The van der Waals surface area contributed by atoms with Gasteiger partial charge in [-0.3, -0.25) is 0 Å². The fourth-order valence-electron chi connectivity index (χ4n) is 1.23. The van der Waals surface area contributed by atoms with E-state index < -0.39 is 0 Å². The summed E-state index contributed by atoms with van der Waals surface area (Å²) in [5, 5.41) is 0. The van der Waals surface area contributed by atoms with Gasteiger partial charge in [-0.2, -0.15) is 0 Å². The molecule has 0 bridgehead atoms. The fraction of sp³-hybridized carbons (Fsp3) is 0.125. The topological polar surface area (TPSA) is 69.9 Å². The third kappa shape index (κ3) is 0.812. The third-order valence-corrected chi connectivity index (χ3v) is 1.87. The number of aryl methyl sites for hydroxylation is 1. The van der Waals surface area contributed by atoms with E-state index in [0.29, 0.717) is 5.95 Å². The molecule has 1 aromatic carbocycles. The van der Waals surface area contributed by atoms with E-state index in [-0.39, 0.29) is 0 Å². The van der Waals surface area contributed by atoms with Crippen molar-refractivity contribution in [1.29, 1.82) is 0 Å². The van der Waals surface area contributed by atoms with Crippen LogP contribution in [0.5, 0.6) is 0 Å². The molecule has 0 aliphatic rings. The predicted octanol–water partition coefficient (Wildman–Crippen LogP) is 0.641. The first-order valence-corrected chi connectivity index (χ1v) is 3.68. The molecule has 1 aromatic heterocycles. The molecule has 0 aliphatic heterocycles. The zero-order valence-electron chi connectivity index (χ0n) is 6.78. The van der Waals surface area contributed by atoms with Crippen LogP contribution in [0, 0.1) is 6.92 Å². The summed E-state index contributed by atoms with van der Waals surface area (Å²) >= 11 is 0. The molecule has 0 amide bonds. The molecule has 4 heteroatoms. The number of fused-ring (bicyclic) bond motifs is 1. The fourth-order valence-corrected chi connectivity index (χ4v) is 1.23. The summed E-state index contributed by atoms with van der Waals surface area (Å²) in [5.74, 6) is 5.96. The van der Waals surface area contributed by atoms with Crippen LogP contribution < -0.4 is 11.6 Å². The Balaban J connectivity index is 2.87. The predicted molar refractivity (Wildman–Crippen MR) is 49.0 cm³/mol. The highest BCUT2D eigenvalue weighted by Crippen LogP contribution is 2.15. The number of imidazole rings is 1. The minimum Gasteiger partial charge on any atom is -0.368 e. The highest BCUT2D eigenvalue weighted by atomic mass is 15.4. The van der Waals surface area contributed by atoms with Gasteiger partial charge in [-0.1, -0.05) is 6.07 Å². The van der Waals surface area contributed by atoms with E-state index >= 15 is 0 Å². The average Bonchev–Trinajstić information content (AvgIpc) is 2.28.